The molecule has 2 nitrogen and oxygen atoms in total. The molecule has 44 valence electrons. The molecule has 0 spiro atoms. The Labute approximate surface area is 61.5 Å². The second-order valence-electron chi connectivity index (χ2n) is 0.842. The van der Waals surface area contributed by atoms with Crippen molar-refractivity contribution in [3.8, 4) is 0 Å². The number of nitrogens with zero attached hydrogens (tertiary/aromatic N) is 1. The third kappa shape index (κ3) is 3.10. The molecule has 0 N–H and O–H groups in total. The van der Waals surface area contributed by atoms with Crippen molar-refractivity contribution in [2.24, 2.45) is 4.99 Å². The highest BCUT2D eigenvalue weighted by atomic mass is 35.5. The summed E-state index contributed by atoms with van der Waals surface area (Å²) in [7, 11) is 0. The second-order valence-corrected chi connectivity index (χ2v) is 2.12. The van der Waals surface area contributed by atoms with Crippen molar-refractivity contribution in [1.29, 1.82) is 0 Å². The molecule has 0 aromatic heterocycles. The lowest BCUT2D eigenvalue weighted by Crippen LogP contribution is -2.01. The molecule has 0 aliphatic rings. The highest BCUT2D eigenvalue weighted by Gasteiger charge is 2.07. The van der Waals surface area contributed by atoms with Gasteiger partial charge in [0.1, 0.15) is 0 Å². The van der Waals surface area contributed by atoms with E-state index in [0.29, 0.717) is 0 Å². The number of amides is 1. The van der Waals surface area contributed by atoms with Gasteiger partial charge in [-0.3, -0.25) is 4.79 Å². The molecule has 0 heterocycles. The van der Waals surface area contributed by atoms with E-state index in [-0.39, 0.29) is 0 Å². The number of hydrogen-bond donors (Lipinski definition) is 0. The Morgan fingerprint density at radius 3 is 2.38 bits per heavy atom. The van der Waals surface area contributed by atoms with Crippen LogP contribution < -0.4 is 0 Å². The average molecular weight is 170 g/mol. The van der Waals surface area contributed by atoms with E-state index < -0.39 is 10.7 Å². The Hall–Kier alpha value is 0.0500. The van der Waals surface area contributed by atoms with Gasteiger partial charge in [-0.25, -0.2) is 0 Å². The molecule has 0 aliphatic heterocycles. The van der Waals surface area contributed by atoms with E-state index in [4.69, 9.17) is 23.2 Å². The van der Waals surface area contributed by atoms with Crippen molar-refractivity contribution in [1.82, 2.24) is 0 Å². The zero-order valence-corrected chi connectivity index (χ0v) is 5.93. The first-order chi connectivity index (χ1) is 3.68. The molecule has 0 bridgehead atoms. The molecule has 0 fully saturated rings. The van der Waals surface area contributed by atoms with E-state index >= 15 is 0 Å². The van der Waals surface area contributed by atoms with Gasteiger partial charge in [-0.15, -0.1) is 0 Å². The molecule has 5 heteroatoms. The first kappa shape index (κ1) is 8.05. The predicted molar refractivity (Wildman–Crippen MR) is 35.5 cm³/mol. The molecular formula is C3HCl2NOS. The van der Waals surface area contributed by atoms with Crippen LogP contribution in [0.2, 0.25) is 0 Å². The smallest absolute Gasteiger partial charge is 0.269 e. The van der Waals surface area contributed by atoms with Crippen LogP contribution in [0.3, 0.4) is 0 Å². The number of aliphatic imine (C=N–C) groups is 1. The number of halogens is 2. The highest BCUT2D eigenvalue weighted by molar-refractivity contribution is 7.78. The number of alkyl halides is 2. The lowest BCUT2D eigenvalue weighted by molar-refractivity contribution is -0.116. The second kappa shape index (κ2) is 3.98. The quantitative estimate of drug-likeness (QED) is 0.338. The number of carbonyl (C=O) groups excluding carboxylic acids is 1. The van der Waals surface area contributed by atoms with Crippen LogP contribution in [-0.2, 0) is 4.79 Å². The monoisotopic (exact) mass is 169 g/mol. The number of carbonyl (C=O) groups is 1. The fraction of sp³-hybridized carbons (Fsp3) is 0.333. The van der Waals surface area contributed by atoms with Gasteiger partial charge in [0.2, 0.25) is 0 Å². The van der Waals surface area contributed by atoms with Crippen LogP contribution in [-0.4, -0.2) is 15.9 Å². The van der Waals surface area contributed by atoms with Crippen molar-refractivity contribution in [3.05, 3.63) is 0 Å². The Morgan fingerprint density at radius 1 is 1.75 bits per heavy atom. The number of hydrogen-bond acceptors (Lipinski definition) is 2. The maximum absolute atomic E-state index is 10.2. The fourth-order valence-corrected chi connectivity index (χ4v) is 0.281. The Bertz CT molecular complexity index is 140. The first-order valence-electron chi connectivity index (χ1n) is 1.58. The Kier molecular flexibility index (Phi) is 4.01. The molecule has 0 atom stereocenters. The third-order valence-corrected chi connectivity index (χ3v) is 0.807. The van der Waals surface area contributed by atoms with Gasteiger partial charge in [0.15, 0.2) is 4.84 Å². The molecule has 0 unspecified atom stereocenters. The zero-order chi connectivity index (χ0) is 6.57. The van der Waals surface area contributed by atoms with E-state index in [1.807, 2.05) is 5.16 Å². The standard InChI is InChI=1S/C3HCl2NOS/c4-2(5)3(7)6-1-8/h2H. The topological polar surface area (TPSA) is 29.4 Å². The minimum Gasteiger partial charge on any atom is -0.269 e. The van der Waals surface area contributed by atoms with Crippen LogP contribution in [0.5, 0.6) is 0 Å². The lowest BCUT2D eigenvalue weighted by Gasteiger charge is -1.85. The van der Waals surface area contributed by atoms with E-state index in [1.165, 1.54) is 0 Å². The SMILES string of the molecule is O=C(N=C=S)C(Cl)Cl. The summed E-state index contributed by atoms with van der Waals surface area (Å²) >= 11 is 14.2. The van der Waals surface area contributed by atoms with Crippen LogP contribution in [0.4, 0.5) is 0 Å². The minimum atomic E-state index is -1.12. The van der Waals surface area contributed by atoms with Crippen LogP contribution >= 0.6 is 35.4 Å². The summed E-state index contributed by atoms with van der Waals surface area (Å²) < 4.78 is 0. The van der Waals surface area contributed by atoms with Gasteiger partial charge < -0.3 is 0 Å². The fourth-order valence-electron chi connectivity index (χ4n) is 0.0938. The Balaban J connectivity index is 3.84. The summed E-state index contributed by atoms with van der Waals surface area (Å²) in [6, 6.07) is 0. The predicted octanol–water partition coefficient (Wildman–Crippen LogP) is 1.42. The molecule has 0 aromatic carbocycles. The van der Waals surface area contributed by atoms with Crippen molar-refractivity contribution in [2.45, 2.75) is 4.84 Å². The molecule has 0 aromatic rings. The molecule has 0 radical (unpaired) electrons. The summed E-state index contributed by atoms with van der Waals surface area (Å²) in [6.07, 6.45) is 0. The van der Waals surface area contributed by atoms with Gasteiger partial charge in [0.05, 0.1) is 5.16 Å². The molecule has 0 saturated carbocycles. The van der Waals surface area contributed by atoms with Crippen molar-refractivity contribution >= 4 is 46.5 Å². The van der Waals surface area contributed by atoms with Crippen molar-refractivity contribution in [2.75, 3.05) is 0 Å². The maximum atomic E-state index is 10.2. The Morgan fingerprint density at radius 2 is 2.25 bits per heavy atom. The van der Waals surface area contributed by atoms with E-state index in [1.54, 1.807) is 0 Å². The normalized spacial score (nSPS) is 8.38. The lowest BCUT2D eigenvalue weighted by atomic mass is 10.7. The molecule has 0 rings (SSSR count). The van der Waals surface area contributed by atoms with Crippen LogP contribution in [0.25, 0.3) is 0 Å². The third-order valence-electron chi connectivity index (χ3n) is 0.343. The van der Waals surface area contributed by atoms with Crippen molar-refractivity contribution < 1.29 is 4.79 Å². The molecule has 0 aliphatic carbocycles. The average Bonchev–Trinajstić information content (AvgIpc) is 1.67. The summed E-state index contributed by atoms with van der Waals surface area (Å²) in [4.78, 5) is 12.0. The summed E-state index contributed by atoms with van der Waals surface area (Å²) in [5.41, 5.74) is 0. The van der Waals surface area contributed by atoms with Crippen LogP contribution in [0, 0.1) is 0 Å². The van der Waals surface area contributed by atoms with Gasteiger partial charge in [-0.2, -0.15) is 4.99 Å². The molecule has 8 heavy (non-hydrogen) atoms. The first-order valence-corrected chi connectivity index (χ1v) is 2.86. The van der Waals surface area contributed by atoms with E-state index in [0.717, 1.165) is 0 Å². The van der Waals surface area contributed by atoms with Crippen LogP contribution in [0.15, 0.2) is 4.99 Å². The summed E-state index contributed by atoms with van der Waals surface area (Å²) in [5.74, 6) is -0.677. The van der Waals surface area contributed by atoms with E-state index in [9.17, 15) is 4.79 Å². The van der Waals surface area contributed by atoms with Gasteiger partial charge in [-0.05, 0) is 12.2 Å². The summed E-state index contributed by atoms with van der Waals surface area (Å²) in [6.45, 7) is 0. The number of isothiocyanates is 1. The zero-order valence-electron chi connectivity index (χ0n) is 3.60. The van der Waals surface area contributed by atoms with Crippen molar-refractivity contribution in [3.63, 3.8) is 0 Å². The summed E-state index contributed by atoms with van der Waals surface area (Å²) in [5, 5.41) is 1.84. The molecule has 1 amide bonds. The maximum Gasteiger partial charge on any atom is 0.287 e. The van der Waals surface area contributed by atoms with Gasteiger partial charge in [-0.1, -0.05) is 23.2 Å². The van der Waals surface area contributed by atoms with Crippen LogP contribution in [0.1, 0.15) is 0 Å². The highest BCUT2D eigenvalue weighted by Crippen LogP contribution is 2.01. The minimum absolute atomic E-state index is 0.677. The number of thiocarbonyl (C=S) groups is 1. The van der Waals surface area contributed by atoms with Gasteiger partial charge >= 0.3 is 0 Å². The van der Waals surface area contributed by atoms with Gasteiger partial charge in [0, 0.05) is 0 Å². The molecular weight excluding hydrogens is 169 g/mol. The van der Waals surface area contributed by atoms with E-state index in [2.05, 4.69) is 17.2 Å². The van der Waals surface area contributed by atoms with Gasteiger partial charge in [0.25, 0.3) is 5.91 Å². The molecule has 0 saturated heterocycles. The largest absolute Gasteiger partial charge is 0.287 e. The number of rotatable bonds is 1.